The van der Waals surface area contributed by atoms with E-state index in [1.165, 1.54) is 0 Å². The highest BCUT2D eigenvalue weighted by atomic mass is 16.7. The Hall–Kier alpha value is -0.910. The first-order valence-electron chi connectivity index (χ1n) is 6.74. The van der Waals surface area contributed by atoms with E-state index in [1.54, 1.807) is 6.20 Å². The third kappa shape index (κ3) is 2.43. The molecule has 3 rings (SSSR count). The molecule has 0 unspecified atom stereocenters. The number of imidazole rings is 1. The molecular formula is C13H21N3O2. The third-order valence-corrected chi connectivity index (χ3v) is 4.11. The topological polar surface area (TPSA) is 50.4 Å². The fourth-order valence-electron chi connectivity index (χ4n) is 3.02. The molecule has 5 nitrogen and oxygen atoms in total. The summed E-state index contributed by atoms with van der Waals surface area (Å²) in [6, 6.07) is 0.605. The van der Waals surface area contributed by atoms with E-state index < -0.39 is 0 Å². The number of hydrogen-bond donors (Lipinski definition) is 1. The van der Waals surface area contributed by atoms with E-state index in [1.807, 2.05) is 6.20 Å². The molecule has 1 saturated carbocycles. The van der Waals surface area contributed by atoms with E-state index in [0.717, 1.165) is 51.3 Å². The van der Waals surface area contributed by atoms with Gasteiger partial charge in [-0.15, -0.1) is 0 Å². The molecule has 0 amide bonds. The summed E-state index contributed by atoms with van der Waals surface area (Å²) in [5.74, 6) is 0.785. The Morgan fingerprint density at radius 1 is 1.39 bits per heavy atom. The van der Waals surface area contributed by atoms with Crippen LogP contribution in [0.4, 0.5) is 0 Å². The molecule has 0 bridgehead atoms. The van der Waals surface area contributed by atoms with Crippen molar-refractivity contribution in [1.82, 2.24) is 14.9 Å². The van der Waals surface area contributed by atoms with Gasteiger partial charge in [-0.05, 0) is 19.9 Å². The Labute approximate surface area is 107 Å². The van der Waals surface area contributed by atoms with Crippen molar-refractivity contribution in [1.29, 1.82) is 0 Å². The van der Waals surface area contributed by atoms with Gasteiger partial charge in [-0.25, -0.2) is 4.98 Å². The second-order valence-electron chi connectivity index (χ2n) is 5.29. The smallest absolute Gasteiger partial charge is 0.168 e. The van der Waals surface area contributed by atoms with Crippen LogP contribution in [0.5, 0.6) is 0 Å². The molecule has 18 heavy (non-hydrogen) atoms. The third-order valence-electron chi connectivity index (χ3n) is 4.11. The van der Waals surface area contributed by atoms with Crippen molar-refractivity contribution >= 4 is 0 Å². The Morgan fingerprint density at radius 2 is 2.11 bits per heavy atom. The molecule has 1 aliphatic heterocycles. The van der Waals surface area contributed by atoms with Gasteiger partial charge in [0, 0.05) is 31.3 Å². The van der Waals surface area contributed by atoms with Gasteiger partial charge in [-0.1, -0.05) is 0 Å². The van der Waals surface area contributed by atoms with E-state index in [-0.39, 0.29) is 5.79 Å². The molecule has 0 atom stereocenters. The van der Waals surface area contributed by atoms with Gasteiger partial charge in [0.2, 0.25) is 0 Å². The maximum atomic E-state index is 5.76. The number of rotatable bonds is 3. The first-order valence-corrected chi connectivity index (χ1v) is 6.74. The largest absolute Gasteiger partial charge is 0.348 e. The van der Waals surface area contributed by atoms with Crippen LogP contribution in [0.2, 0.25) is 0 Å². The van der Waals surface area contributed by atoms with Crippen molar-refractivity contribution in [2.45, 2.75) is 44.1 Å². The van der Waals surface area contributed by atoms with Crippen molar-refractivity contribution < 1.29 is 9.47 Å². The van der Waals surface area contributed by atoms with Crippen molar-refractivity contribution in [3.05, 3.63) is 18.2 Å². The van der Waals surface area contributed by atoms with Gasteiger partial charge >= 0.3 is 0 Å². The summed E-state index contributed by atoms with van der Waals surface area (Å²) in [6.45, 7) is 2.40. The number of aromatic nitrogens is 2. The van der Waals surface area contributed by atoms with E-state index in [9.17, 15) is 0 Å². The molecule has 2 fully saturated rings. The summed E-state index contributed by atoms with van der Waals surface area (Å²) in [6.07, 6.45) is 7.98. The minimum atomic E-state index is -0.248. The summed E-state index contributed by atoms with van der Waals surface area (Å²) in [5.41, 5.74) is 0. The Bertz CT molecular complexity index is 364. The van der Waals surface area contributed by atoms with Gasteiger partial charge in [0.25, 0.3) is 0 Å². The number of hydrogen-bond acceptors (Lipinski definition) is 4. The molecule has 1 aromatic rings. The molecule has 5 heteroatoms. The number of aromatic amines is 1. The van der Waals surface area contributed by atoms with Gasteiger partial charge in [-0.2, -0.15) is 0 Å². The summed E-state index contributed by atoms with van der Waals surface area (Å²) in [7, 11) is 2.17. The van der Waals surface area contributed by atoms with Gasteiger partial charge in [-0.3, -0.25) is 4.90 Å². The van der Waals surface area contributed by atoms with Crippen LogP contribution in [0.1, 0.15) is 31.5 Å². The second kappa shape index (κ2) is 4.99. The Balaban J connectivity index is 1.52. The number of nitrogens with zero attached hydrogens (tertiary/aromatic N) is 2. The molecule has 1 spiro atoms. The maximum absolute atomic E-state index is 5.76. The molecule has 1 saturated heterocycles. The quantitative estimate of drug-likeness (QED) is 0.885. The highest BCUT2D eigenvalue weighted by molar-refractivity contribution is 4.90. The summed E-state index contributed by atoms with van der Waals surface area (Å²) in [4.78, 5) is 9.80. The number of H-pyrrole nitrogens is 1. The first kappa shape index (κ1) is 12.1. The summed E-state index contributed by atoms with van der Waals surface area (Å²) >= 11 is 0. The van der Waals surface area contributed by atoms with Gasteiger partial charge in [0.05, 0.1) is 19.8 Å². The molecule has 2 aliphatic rings. The maximum Gasteiger partial charge on any atom is 0.168 e. The molecule has 2 heterocycles. The predicted octanol–water partition coefficient (Wildman–Crippen LogP) is 1.53. The SMILES string of the molecule is CN(Cc1ncc[nH]1)C1CCC2(CC1)OCCO2. The van der Waals surface area contributed by atoms with E-state index in [4.69, 9.17) is 9.47 Å². The number of nitrogens with one attached hydrogen (secondary N) is 1. The standard InChI is InChI=1S/C13H21N3O2/c1-16(10-12-14-6-7-15-12)11-2-4-13(5-3-11)17-8-9-18-13/h6-7,11H,2-5,8-10H2,1H3,(H,14,15). The van der Waals surface area contributed by atoms with Crippen LogP contribution in [0, 0.1) is 0 Å². The van der Waals surface area contributed by atoms with Gasteiger partial charge in [0.1, 0.15) is 5.82 Å². The normalized spacial score (nSPS) is 24.1. The van der Waals surface area contributed by atoms with E-state index in [2.05, 4.69) is 21.9 Å². The molecule has 100 valence electrons. The average Bonchev–Trinajstić information content (AvgIpc) is 3.03. The lowest BCUT2D eigenvalue weighted by Crippen LogP contribution is -2.42. The monoisotopic (exact) mass is 251 g/mol. The van der Waals surface area contributed by atoms with Crippen molar-refractivity contribution in [3.8, 4) is 0 Å². The van der Waals surface area contributed by atoms with Crippen LogP contribution in [-0.2, 0) is 16.0 Å². The molecular weight excluding hydrogens is 230 g/mol. The average molecular weight is 251 g/mol. The first-order chi connectivity index (χ1) is 8.77. The Kier molecular flexibility index (Phi) is 3.37. The zero-order valence-electron chi connectivity index (χ0n) is 10.9. The molecule has 0 aromatic carbocycles. The van der Waals surface area contributed by atoms with E-state index >= 15 is 0 Å². The highest BCUT2D eigenvalue weighted by Gasteiger charge is 2.41. The van der Waals surface area contributed by atoms with Crippen molar-refractivity contribution in [2.24, 2.45) is 0 Å². The molecule has 1 aromatic heterocycles. The van der Waals surface area contributed by atoms with Crippen molar-refractivity contribution in [3.63, 3.8) is 0 Å². The highest BCUT2D eigenvalue weighted by Crippen LogP contribution is 2.37. The second-order valence-corrected chi connectivity index (χ2v) is 5.29. The lowest BCUT2D eigenvalue weighted by Gasteiger charge is -2.38. The van der Waals surface area contributed by atoms with Crippen LogP contribution in [0.25, 0.3) is 0 Å². The molecule has 1 aliphatic carbocycles. The van der Waals surface area contributed by atoms with Crippen LogP contribution in [0.3, 0.4) is 0 Å². The minimum Gasteiger partial charge on any atom is -0.348 e. The van der Waals surface area contributed by atoms with Crippen molar-refractivity contribution in [2.75, 3.05) is 20.3 Å². The minimum absolute atomic E-state index is 0.248. The van der Waals surface area contributed by atoms with Gasteiger partial charge < -0.3 is 14.5 Å². The fraction of sp³-hybridized carbons (Fsp3) is 0.769. The lowest BCUT2D eigenvalue weighted by atomic mass is 9.89. The molecule has 1 N–H and O–H groups in total. The fourth-order valence-corrected chi connectivity index (χ4v) is 3.02. The summed E-state index contributed by atoms with van der Waals surface area (Å²) in [5, 5.41) is 0. The zero-order valence-corrected chi connectivity index (χ0v) is 10.9. The van der Waals surface area contributed by atoms with Crippen LogP contribution in [0.15, 0.2) is 12.4 Å². The predicted molar refractivity (Wildman–Crippen MR) is 66.9 cm³/mol. The number of ether oxygens (including phenoxy) is 2. The van der Waals surface area contributed by atoms with Crippen LogP contribution < -0.4 is 0 Å². The van der Waals surface area contributed by atoms with Gasteiger partial charge in [0.15, 0.2) is 5.79 Å². The van der Waals surface area contributed by atoms with E-state index in [0.29, 0.717) is 6.04 Å². The lowest BCUT2D eigenvalue weighted by molar-refractivity contribution is -0.183. The Morgan fingerprint density at radius 3 is 2.72 bits per heavy atom. The molecule has 0 radical (unpaired) electrons. The van der Waals surface area contributed by atoms with Crippen LogP contribution >= 0.6 is 0 Å². The zero-order chi connectivity index (χ0) is 12.4. The summed E-state index contributed by atoms with van der Waals surface area (Å²) < 4.78 is 11.5. The van der Waals surface area contributed by atoms with Crippen LogP contribution in [-0.4, -0.2) is 47.0 Å².